The summed E-state index contributed by atoms with van der Waals surface area (Å²) in [6, 6.07) is 21.7. The minimum Gasteiger partial charge on any atom is -0.326 e. The summed E-state index contributed by atoms with van der Waals surface area (Å²) < 4.78 is 0. The summed E-state index contributed by atoms with van der Waals surface area (Å²) in [4.78, 5) is 20.9. The summed E-state index contributed by atoms with van der Waals surface area (Å²) in [6.07, 6.45) is 3.90. The molecule has 0 spiro atoms. The second-order valence-corrected chi connectivity index (χ2v) is 6.52. The van der Waals surface area contributed by atoms with Crippen LogP contribution in [0, 0.1) is 6.92 Å². The Bertz CT molecular complexity index is 1100. The summed E-state index contributed by atoms with van der Waals surface area (Å²) in [5.74, 6) is -0.0363. The Hall–Kier alpha value is -3.53. The van der Waals surface area contributed by atoms with Crippen molar-refractivity contribution in [1.82, 2.24) is 9.97 Å². The van der Waals surface area contributed by atoms with Crippen LogP contribution >= 0.6 is 0 Å². The Balaban J connectivity index is 1.44. The zero-order valence-electron chi connectivity index (χ0n) is 15.0. The molecule has 132 valence electrons. The molecule has 0 saturated carbocycles. The number of amides is 1. The van der Waals surface area contributed by atoms with Crippen LogP contribution in [0.3, 0.4) is 0 Å². The van der Waals surface area contributed by atoms with E-state index in [1.54, 1.807) is 12.4 Å². The molecular formula is C23H19N3O. The van der Waals surface area contributed by atoms with E-state index in [9.17, 15) is 4.79 Å². The molecular weight excluding hydrogens is 334 g/mol. The van der Waals surface area contributed by atoms with Gasteiger partial charge in [0.15, 0.2) is 0 Å². The van der Waals surface area contributed by atoms with Crippen LogP contribution in [-0.2, 0) is 11.2 Å². The fourth-order valence-corrected chi connectivity index (χ4v) is 3.10. The predicted octanol–water partition coefficient (Wildman–Crippen LogP) is 4.79. The van der Waals surface area contributed by atoms with Gasteiger partial charge in [0.2, 0.25) is 5.91 Å². The Labute approximate surface area is 157 Å². The van der Waals surface area contributed by atoms with E-state index in [0.717, 1.165) is 39.0 Å². The molecule has 2 heterocycles. The number of pyridine rings is 2. The first-order valence-corrected chi connectivity index (χ1v) is 8.84. The highest BCUT2D eigenvalue weighted by Crippen LogP contribution is 2.22. The highest BCUT2D eigenvalue weighted by molar-refractivity contribution is 5.93. The van der Waals surface area contributed by atoms with Gasteiger partial charge in [-0.2, -0.15) is 0 Å². The number of carbonyl (C=O) groups is 1. The number of benzene rings is 2. The highest BCUT2D eigenvalue weighted by Gasteiger charge is 2.06. The standard InChI is InChI=1S/C23H19N3O/c1-16-13-19(10-12-24-16)18-5-7-21(8-6-18)26-23(27)15-17-4-9-22-20(14-17)3-2-11-25-22/h2-14H,15H2,1H3,(H,26,27). The fourth-order valence-electron chi connectivity index (χ4n) is 3.10. The Kier molecular flexibility index (Phi) is 4.62. The zero-order valence-corrected chi connectivity index (χ0v) is 15.0. The molecule has 27 heavy (non-hydrogen) atoms. The lowest BCUT2D eigenvalue weighted by molar-refractivity contribution is -0.115. The number of nitrogens with one attached hydrogen (secondary N) is 1. The molecule has 0 aliphatic heterocycles. The van der Waals surface area contributed by atoms with Crippen LogP contribution in [0.4, 0.5) is 5.69 Å². The van der Waals surface area contributed by atoms with Crippen LogP contribution in [0.2, 0.25) is 0 Å². The van der Waals surface area contributed by atoms with Gasteiger partial charge >= 0.3 is 0 Å². The van der Waals surface area contributed by atoms with E-state index >= 15 is 0 Å². The molecule has 4 rings (SSSR count). The van der Waals surface area contributed by atoms with Crippen molar-refractivity contribution in [3.05, 3.63) is 90.4 Å². The van der Waals surface area contributed by atoms with Gasteiger partial charge in [0.05, 0.1) is 11.9 Å². The first-order chi connectivity index (χ1) is 13.2. The number of rotatable bonds is 4. The summed E-state index contributed by atoms with van der Waals surface area (Å²) in [5, 5.41) is 4.00. The minimum atomic E-state index is -0.0363. The molecule has 4 aromatic rings. The van der Waals surface area contributed by atoms with E-state index in [1.165, 1.54) is 0 Å². The summed E-state index contributed by atoms with van der Waals surface area (Å²) in [6.45, 7) is 1.97. The largest absolute Gasteiger partial charge is 0.326 e. The number of hydrogen-bond donors (Lipinski definition) is 1. The number of hydrogen-bond acceptors (Lipinski definition) is 3. The van der Waals surface area contributed by atoms with E-state index in [-0.39, 0.29) is 5.91 Å². The zero-order chi connectivity index (χ0) is 18.6. The molecule has 0 fully saturated rings. The Morgan fingerprint density at radius 3 is 2.56 bits per heavy atom. The highest BCUT2D eigenvalue weighted by atomic mass is 16.1. The minimum absolute atomic E-state index is 0.0363. The molecule has 0 unspecified atom stereocenters. The number of anilines is 1. The number of carbonyl (C=O) groups excluding carboxylic acids is 1. The van der Waals surface area contributed by atoms with Gasteiger partial charge in [0, 0.05) is 29.2 Å². The third kappa shape index (κ3) is 4.01. The van der Waals surface area contributed by atoms with Crippen LogP contribution in [-0.4, -0.2) is 15.9 Å². The first kappa shape index (κ1) is 16.9. The van der Waals surface area contributed by atoms with E-state index in [4.69, 9.17) is 0 Å². The first-order valence-electron chi connectivity index (χ1n) is 8.84. The average molecular weight is 353 g/mol. The van der Waals surface area contributed by atoms with Gasteiger partial charge in [-0.1, -0.05) is 24.3 Å². The van der Waals surface area contributed by atoms with Crippen molar-refractivity contribution in [3.8, 4) is 11.1 Å². The molecule has 1 N–H and O–H groups in total. The van der Waals surface area contributed by atoms with Crippen molar-refractivity contribution in [2.45, 2.75) is 13.3 Å². The number of aryl methyl sites for hydroxylation is 1. The molecule has 0 saturated heterocycles. The maximum Gasteiger partial charge on any atom is 0.228 e. The monoisotopic (exact) mass is 353 g/mol. The maximum atomic E-state index is 12.4. The molecule has 0 bridgehead atoms. The van der Waals surface area contributed by atoms with Crippen LogP contribution in [0.25, 0.3) is 22.0 Å². The molecule has 1 amide bonds. The van der Waals surface area contributed by atoms with Crippen LogP contribution in [0.5, 0.6) is 0 Å². The Morgan fingerprint density at radius 2 is 1.74 bits per heavy atom. The topological polar surface area (TPSA) is 54.9 Å². The van der Waals surface area contributed by atoms with Gasteiger partial charge in [-0.3, -0.25) is 14.8 Å². The average Bonchev–Trinajstić information content (AvgIpc) is 2.68. The summed E-state index contributed by atoms with van der Waals surface area (Å²) >= 11 is 0. The number of aromatic nitrogens is 2. The molecule has 0 aliphatic carbocycles. The van der Waals surface area contributed by atoms with E-state index < -0.39 is 0 Å². The second-order valence-electron chi connectivity index (χ2n) is 6.52. The SMILES string of the molecule is Cc1cc(-c2ccc(NC(=O)Cc3ccc4ncccc4c3)cc2)ccn1. The molecule has 4 nitrogen and oxygen atoms in total. The fraction of sp³-hybridized carbons (Fsp3) is 0.0870. The lowest BCUT2D eigenvalue weighted by atomic mass is 10.1. The van der Waals surface area contributed by atoms with Crippen molar-refractivity contribution in [3.63, 3.8) is 0 Å². The number of nitrogens with zero attached hydrogens (tertiary/aromatic N) is 2. The van der Waals surface area contributed by atoms with Crippen molar-refractivity contribution in [1.29, 1.82) is 0 Å². The molecule has 2 aromatic carbocycles. The smallest absolute Gasteiger partial charge is 0.228 e. The van der Waals surface area contributed by atoms with Gasteiger partial charge in [-0.05, 0) is 66.1 Å². The van der Waals surface area contributed by atoms with Crippen molar-refractivity contribution in [2.75, 3.05) is 5.32 Å². The molecule has 0 aliphatic rings. The van der Waals surface area contributed by atoms with Crippen molar-refractivity contribution >= 4 is 22.5 Å². The number of fused-ring (bicyclic) bond motifs is 1. The van der Waals surface area contributed by atoms with Crippen molar-refractivity contribution < 1.29 is 4.79 Å². The third-order valence-corrected chi connectivity index (χ3v) is 4.43. The van der Waals surface area contributed by atoms with Gasteiger partial charge in [0.25, 0.3) is 0 Å². The molecule has 0 radical (unpaired) electrons. The molecule has 4 heteroatoms. The Morgan fingerprint density at radius 1 is 0.889 bits per heavy atom. The summed E-state index contributed by atoms with van der Waals surface area (Å²) in [5.41, 5.74) is 5.89. The van der Waals surface area contributed by atoms with E-state index in [0.29, 0.717) is 6.42 Å². The van der Waals surface area contributed by atoms with Crippen LogP contribution < -0.4 is 5.32 Å². The summed E-state index contributed by atoms with van der Waals surface area (Å²) in [7, 11) is 0. The second kappa shape index (κ2) is 7.38. The normalized spacial score (nSPS) is 10.7. The quantitative estimate of drug-likeness (QED) is 0.574. The van der Waals surface area contributed by atoms with E-state index in [1.807, 2.05) is 73.7 Å². The van der Waals surface area contributed by atoms with Gasteiger partial charge in [0.1, 0.15) is 0 Å². The van der Waals surface area contributed by atoms with Crippen LogP contribution in [0.1, 0.15) is 11.3 Å². The molecule has 0 atom stereocenters. The van der Waals surface area contributed by atoms with Gasteiger partial charge < -0.3 is 5.32 Å². The van der Waals surface area contributed by atoms with Crippen LogP contribution in [0.15, 0.2) is 79.1 Å². The molecule has 2 aromatic heterocycles. The van der Waals surface area contributed by atoms with Crippen molar-refractivity contribution in [2.24, 2.45) is 0 Å². The van der Waals surface area contributed by atoms with Gasteiger partial charge in [-0.25, -0.2) is 0 Å². The lowest BCUT2D eigenvalue weighted by Gasteiger charge is -2.08. The van der Waals surface area contributed by atoms with E-state index in [2.05, 4.69) is 15.3 Å². The van der Waals surface area contributed by atoms with Gasteiger partial charge in [-0.15, -0.1) is 0 Å². The predicted molar refractivity (Wildman–Crippen MR) is 108 cm³/mol. The third-order valence-electron chi connectivity index (χ3n) is 4.43. The lowest BCUT2D eigenvalue weighted by Crippen LogP contribution is -2.14. The maximum absolute atomic E-state index is 12.4.